The number of hydrogen-bond acceptors (Lipinski definition) is 10. The van der Waals surface area contributed by atoms with E-state index in [-0.39, 0.29) is 15.6 Å². The molecule has 0 spiro atoms. The zero-order valence-corrected chi connectivity index (χ0v) is 14.8. The largest absolute Gasteiger partial charge is 0.466 e. The van der Waals surface area contributed by atoms with Crippen molar-refractivity contribution in [3.63, 3.8) is 0 Å². The fourth-order valence-electron chi connectivity index (χ4n) is 2.65. The van der Waals surface area contributed by atoms with Crippen molar-refractivity contribution in [1.82, 2.24) is 10.6 Å². The number of methoxy groups -OCH3 is 1. The van der Waals surface area contributed by atoms with Crippen LogP contribution in [0.3, 0.4) is 0 Å². The molecule has 2 aromatic heterocycles. The third-order valence-corrected chi connectivity index (χ3v) is 5.53. The van der Waals surface area contributed by atoms with E-state index in [0.29, 0.717) is 11.1 Å². The molecule has 0 amide bonds. The number of nitrogens with zero attached hydrogens (tertiary/aromatic N) is 2. The highest BCUT2D eigenvalue weighted by atomic mass is 32.1. The summed E-state index contributed by atoms with van der Waals surface area (Å²) in [5.41, 5.74) is 0.812. The summed E-state index contributed by atoms with van der Waals surface area (Å²) in [6, 6.07) is 2.28. The SMILES string of the molecule is COC(=O)C1=CN[C@H](c2ccsc2[N+](=O)[O-])N[C@@H]1c1ccsc1[N+](=O)[O-]. The minimum Gasteiger partial charge on any atom is -0.466 e. The maximum atomic E-state index is 12.1. The summed E-state index contributed by atoms with van der Waals surface area (Å²) in [6.45, 7) is 0. The molecule has 2 aromatic rings. The molecule has 0 aromatic carbocycles. The van der Waals surface area contributed by atoms with E-state index in [0.717, 1.165) is 22.7 Å². The Morgan fingerprint density at radius 2 is 1.69 bits per heavy atom. The van der Waals surface area contributed by atoms with E-state index in [2.05, 4.69) is 10.6 Å². The molecular weight excluding hydrogens is 384 g/mol. The lowest BCUT2D eigenvalue weighted by molar-refractivity contribution is -0.381. The highest BCUT2D eigenvalue weighted by Crippen LogP contribution is 2.39. The Morgan fingerprint density at radius 1 is 1.12 bits per heavy atom. The Bertz CT molecular complexity index is 905. The van der Waals surface area contributed by atoms with Gasteiger partial charge in [0.2, 0.25) is 0 Å². The topological polar surface area (TPSA) is 137 Å². The van der Waals surface area contributed by atoms with Crippen molar-refractivity contribution in [3.8, 4) is 0 Å². The van der Waals surface area contributed by atoms with Gasteiger partial charge in [-0.3, -0.25) is 25.5 Å². The van der Waals surface area contributed by atoms with Crippen molar-refractivity contribution >= 4 is 38.6 Å². The van der Waals surface area contributed by atoms with E-state index in [1.807, 2.05) is 0 Å². The number of nitrogens with one attached hydrogen (secondary N) is 2. The summed E-state index contributed by atoms with van der Waals surface area (Å²) in [5, 5.41) is 31.3. The van der Waals surface area contributed by atoms with Crippen molar-refractivity contribution in [2.45, 2.75) is 12.2 Å². The standard InChI is InChI=1S/C14H12N4O6S2/c1-24-14(19)9-6-15-11(8-3-5-26-13(8)18(22)23)16-10(9)7-2-4-25-12(7)17(20)21/h2-6,10-11,15-16H,1H3/t10-,11+/m1/s1. The molecule has 0 radical (unpaired) electrons. The molecule has 26 heavy (non-hydrogen) atoms. The molecule has 2 N–H and O–H groups in total. The molecule has 10 nitrogen and oxygen atoms in total. The van der Waals surface area contributed by atoms with Crippen LogP contribution in [0.25, 0.3) is 0 Å². The van der Waals surface area contributed by atoms with Gasteiger partial charge >= 0.3 is 16.0 Å². The Labute approximate surface area is 154 Å². The third-order valence-electron chi connectivity index (χ3n) is 3.77. The molecule has 0 bridgehead atoms. The number of ether oxygens (including phenoxy) is 1. The first kappa shape index (κ1) is 18.0. The average Bonchev–Trinajstić information content (AvgIpc) is 3.29. The average molecular weight is 396 g/mol. The molecular formula is C14H12N4O6S2. The van der Waals surface area contributed by atoms with Gasteiger partial charge in [0.25, 0.3) is 0 Å². The number of esters is 1. The van der Waals surface area contributed by atoms with Crippen LogP contribution in [-0.2, 0) is 9.53 Å². The summed E-state index contributed by atoms with van der Waals surface area (Å²) in [6.07, 6.45) is 0.681. The van der Waals surface area contributed by atoms with E-state index < -0.39 is 28.0 Å². The molecule has 0 fully saturated rings. The van der Waals surface area contributed by atoms with Crippen LogP contribution >= 0.6 is 22.7 Å². The van der Waals surface area contributed by atoms with Gasteiger partial charge in [-0.2, -0.15) is 0 Å². The Morgan fingerprint density at radius 3 is 2.27 bits per heavy atom. The first-order valence-corrected chi connectivity index (χ1v) is 8.94. The van der Waals surface area contributed by atoms with Crippen LogP contribution in [0.4, 0.5) is 10.0 Å². The van der Waals surface area contributed by atoms with Gasteiger partial charge in [0.1, 0.15) is 6.17 Å². The molecule has 1 aliphatic heterocycles. The van der Waals surface area contributed by atoms with Gasteiger partial charge in [-0.1, -0.05) is 22.7 Å². The van der Waals surface area contributed by atoms with Crippen molar-refractivity contribution in [3.05, 3.63) is 66.0 Å². The second-order valence-electron chi connectivity index (χ2n) is 5.17. The molecule has 3 heterocycles. The van der Waals surface area contributed by atoms with Gasteiger partial charge in [0.05, 0.1) is 39.7 Å². The van der Waals surface area contributed by atoms with Crippen LogP contribution in [0.2, 0.25) is 0 Å². The highest BCUT2D eigenvalue weighted by molar-refractivity contribution is 7.13. The van der Waals surface area contributed by atoms with Crippen molar-refractivity contribution in [1.29, 1.82) is 0 Å². The first-order chi connectivity index (χ1) is 12.4. The molecule has 0 saturated carbocycles. The van der Waals surface area contributed by atoms with Crippen molar-refractivity contribution in [2.24, 2.45) is 0 Å². The lowest BCUT2D eigenvalue weighted by Gasteiger charge is -2.30. The molecule has 0 unspecified atom stereocenters. The predicted molar refractivity (Wildman–Crippen MR) is 93.8 cm³/mol. The van der Waals surface area contributed by atoms with Crippen molar-refractivity contribution < 1.29 is 19.4 Å². The number of rotatable bonds is 5. The molecule has 0 saturated heterocycles. The second-order valence-corrected chi connectivity index (χ2v) is 6.96. The maximum Gasteiger partial charge on any atom is 0.337 e. The summed E-state index contributed by atoms with van der Waals surface area (Å²) >= 11 is 1.91. The lowest BCUT2D eigenvalue weighted by Crippen LogP contribution is -2.41. The monoisotopic (exact) mass is 396 g/mol. The fraction of sp³-hybridized carbons (Fsp3) is 0.214. The van der Waals surface area contributed by atoms with Crippen LogP contribution in [0.15, 0.2) is 34.7 Å². The van der Waals surface area contributed by atoms with Gasteiger partial charge in [-0.15, -0.1) is 0 Å². The summed E-state index contributed by atoms with van der Waals surface area (Å²) < 4.78 is 4.75. The van der Waals surface area contributed by atoms with Crippen LogP contribution in [0.5, 0.6) is 0 Å². The van der Waals surface area contributed by atoms with Gasteiger partial charge in [-0.25, -0.2) is 4.79 Å². The molecule has 3 rings (SSSR count). The van der Waals surface area contributed by atoms with E-state index >= 15 is 0 Å². The minimum atomic E-state index is -0.847. The number of carbonyl (C=O) groups is 1. The highest BCUT2D eigenvalue weighted by Gasteiger charge is 2.37. The van der Waals surface area contributed by atoms with Crippen molar-refractivity contribution in [2.75, 3.05) is 7.11 Å². The second kappa shape index (κ2) is 7.19. The van der Waals surface area contributed by atoms with Gasteiger partial charge < -0.3 is 10.1 Å². The molecule has 136 valence electrons. The Kier molecular flexibility index (Phi) is 4.97. The zero-order chi connectivity index (χ0) is 18.8. The smallest absolute Gasteiger partial charge is 0.337 e. The first-order valence-electron chi connectivity index (χ1n) is 7.18. The number of nitro groups is 2. The van der Waals surface area contributed by atoms with Crippen LogP contribution in [-0.4, -0.2) is 22.9 Å². The van der Waals surface area contributed by atoms with Crippen LogP contribution < -0.4 is 10.6 Å². The van der Waals surface area contributed by atoms with Gasteiger partial charge in [0, 0.05) is 6.20 Å². The van der Waals surface area contributed by atoms with E-state index in [4.69, 9.17) is 4.74 Å². The minimum absolute atomic E-state index is 0.0523. The summed E-state index contributed by atoms with van der Waals surface area (Å²) in [5.74, 6) is -0.659. The predicted octanol–water partition coefficient (Wildman–Crippen LogP) is 2.62. The van der Waals surface area contributed by atoms with Gasteiger partial charge in [0.15, 0.2) is 0 Å². The molecule has 0 aliphatic carbocycles. The quantitative estimate of drug-likeness (QED) is 0.447. The zero-order valence-electron chi connectivity index (χ0n) is 13.2. The Balaban J connectivity index is 2.03. The number of hydrogen-bond donors (Lipinski definition) is 2. The molecule has 12 heteroatoms. The third kappa shape index (κ3) is 3.16. The summed E-state index contributed by atoms with van der Waals surface area (Å²) in [4.78, 5) is 33.5. The fourth-order valence-corrected chi connectivity index (χ4v) is 4.15. The van der Waals surface area contributed by atoms with Crippen LogP contribution in [0, 0.1) is 20.2 Å². The molecule has 1 aliphatic rings. The number of carbonyl (C=O) groups excluding carboxylic acids is 1. The lowest BCUT2D eigenvalue weighted by atomic mass is 9.98. The van der Waals surface area contributed by atoms with E-state index in [1.54, 1.807) is 22.9 Å². The normalized spacial score (nSPS) is 19.3. The van der Waals surface area contributed by atoms with E-state index in [9.17, 15) is 25.0 Å². The van der Waals surface area contributed by atoms with Gasteiger partial charge in [-0.05, 0) is 22.9 Å². The van der Waals surface area contributed by atoms with E-state index in [1.165, 1.54) is 13.3 Å². The summed E-state index contributed by atoms with van der Waals surface area (Å²) in [7, 11) is 1.21. The Hall–Kier alpha value is -2.83. The maximum absolute atomic E-state index is 12.1. The number of thiophene rings is 2. The molecule has 2 atom stereocenters. The van der Waals surface area contributed by atoms with Crippen LogP contribution in [0.1, 0.15) is 23.3 Å².